The highest BCUT2D eigenvalue weighted by atomic mass is 16.6. The number of ether oxygens (including phenoxy) is 2. The minimum absolute atomic E-state index is 0.184. The Morgan fingerprint density at radius 2 is 2.65 bits per heavy atom. The van der Waals surface area contributed by atoms with Gasteiger partial charge >= 0.3 is 11.8 Å². The zero-order chi connectivity index (χ0) is 12.4. The van der Waals surface area contributed by atoms with Gasteiger partial charge in [0.25, 0.3) is 0 Å². The molecule has 7 heteroatoms. The van der Waals surface area contributed by atoms with Gasteiger partial charge in [-0.3, -0.25) is 4.57 Å². The molecule has 0 aromatic carbocycles. The van der Waals surface area contributed by atoms with Crippen LogP contribution in [0, 0.1) is 28.4 Å². The quantitative estimate of drug-likeness (QED) is 0.433. The summed E-state index contributed by atoms with van der Waals surface area (Å²) in [6, 6.07) is 0.213. The summed E-state index contributed by atoms with van der Waals surface area (Å²) in [6.07, 6.45) is 6.40. The number of nitrogens with zero attached hydrogens (tertiary/aromatic N) is 3. The molecule has 17 heavy (non-hydrogen) atoms. The minimum atomic E-state index is -0.565. The van der Waals surface area contributed by atoms with E-state index in [0.29, 0.717) is 13.2 Å². The average molecular weight is 237 g/mol. The number of hydrogen-bond donors (Lipinski definition) is 0. The molecule has 1 unspecified atom stereocenters. The first-order valence-corrected chi connectivity index (χ1v) is 4.99. The van der Waals surface area contributed by atoms with Gasteiger partial charge in [-0.1, -0.05) is 5.92 Å². The molecule has 2 rings (SSSR count). The van der Waals surface area contributed by atoms with Crippen LogP contribution in [-0.4, -0.2) is 34.3 Å². The molecular weight excluding hydrogens is 226 g/mol. The molecule has 7 nitrogen and oxygen atoms in total. The monoisotopic (exact) mass is 237 g/mol. The lowest BCUT2D eigenvalue weighted by atomic mass is 10.0. The van der Waals surface area contributed by atoms with E-state index in [1.807, 2.05) is 0 Å². The van der Waals surface area contributed by atoms with E-state index in [0.717, 1.165) is 0 Å². The maximum absolute atomic E-state index is 10.6. The van der Waals surface area contributed by atoms with Crippen LogP contribution in [0.1, 0.15) is 0 Å². The van der Waals surface area contributed by atoms with Gasteiger partial charge in [0.1, 0.15) is 12.3 Å². The molecule has 0 aliphatic carbocycles. The summed E-state index contributed by atoms with van der Waals surface area (Å²) >= 11 is 0. The third-order valence-corrected chi connectivity index (χ3v) is 2.56. The molecular formula is C10H11N3O4. The summed E-state index contributed by atoms with van der Waals surface area (Å²) in [6.45, 7) is 0.774. The fourth-order valence-corrected chi connectivity index (χ4v) is 1.72. The van der Waals surface area contributed by atoms with Crippen LogP contribution in [0.25, 0.3) is 0 Å². The predicted octanol–water partition coefficient (Wildman–Crippen LogP) is 0.448. The van der Waals surface area contributed by atoms with E-state index in [1.165, 1.54) is 6.20 Å². The van der Waals surface area contributed by atoms with Crippen LogP contribution in [0.2, 0.25) is 0 Å². The molecule has 1 aliphatic rings. The molecule has 0 bridgehead atoms. The smallest absolute Gasteiger partial charge is 0.414 e. The molecule has 2 heterocycles. The number of methoxy groups -OCH3 is 1. The van der Waals surface area contributed by atoms with Gasteiger partial charge in [0.05, 0.1) is 12.5 Å². The fraction of sp³-hybridized carbons (Fsp3) is 0.500. The highest BCUT2D eigenvalue weighted by molar-refractivity contribution is 5.23. The Labute approximate surface area is 97.5 Å². The van der Waals surface area contributed by atoms with Gasteiger partial charge < -0.3 is 19.6 Å². The average Bonchev–Trinajstić information content (AvgIpc) is 2.71. The zero-order valence-electron chi connectivity index (χ0n) is 9.20. The van der Waals surface area contributed by atoms with Crippen molar-refractivity contribution < 1.29 is 14.4 Å². The molecule has 0 radical (unpaired) electrons. The number of terminal acetylenes is 1. The van der Waals surface area contributed by atoms with Gasteiger partial charge in [-0.05, 0) is 4.92 Å². The number of aromatic nitrogens is 2. The van der Waals surface area contributed by atoms with Crippen LogP contribution in [0.3, 0.4) is 0 Å². The maximum Gasteiger partial charge on any atom is 0.414 e. The highest BCUT2D eigenvalue weighted by Gasteiger charge is 2.34. The van der Waals surface area contributed by atoms with Crippen LogP contribution in [0.15, 0.2) is 6.20 Å². The molecule has 0 saturated heterocycles. The summed E-state index contributed by atoms with van der Waals surface area (Å²) in [5.74, 6) is 2.17. The van der Waals surface area contributed by atoms with Crippen molar-refractivity contribution in [1.29, 1.82) is 0 Å². The zero-order valence-corrected chi connectivity index (χ0v) is 9.20. The van der Waals surface area contributed by atoms with E-state index in [-0.39, 0.29) is 23.9 Å². The van der Waals surface area contributed by atoms with Gasteiger partial charge in [-0.15, -0.1) is 6.42 Å². The molecule has 0 N–H and O–H groups in total. The van der Waals surface area contributed by atoms with Gasteiger partial charge in [-0.2, -0.15) is 0 Å². The Morgan fingerprint density at radius 1 is 1.88 bits per heavy atom. The van der Waals surface area contributed by atoms with Crippen molar-refractivity contribution in [2.45, 2.75) is 12.6 Å². The standard InChI is InChI=1S/C10H11N3O4/c1-3-7-4-12-5-9(13(14)15)11-10(12)17-8(7)6-16-2/h1,5,7-8H,4,6H2,2H3/t7?,8-/m1/s1. The number of nitro groups is 1. The topological polar surface area (TPSA) is 79.4 Å². The van der Waals surface area contributed by atoms with Crippen LogP contribution in [-0.2, 0) is 11.3 Å². The number of hydrogen-bond acceptors (Lipinski definition) is 5. The normalized spacial score (nSPS) is 22.4. The molecule has 0 saturated carbocycles. The number of fused-ring (bicyclic) bond motifs is 1. The lowest BCUT2D eigenvalue weighted by Crippen LogP contribution is -2.38. The van der Waals surface area contributed by atoms with Gasteiger partial charge in [0.2, 0.25) is 0 Å². The van der Waals surface area contributed by atoms with Crippen molar-refractivity contribution in [3.05, 3.63) is 16.3 Å². The molecule has 1 aromatic rings. The Hall–Kier alpha value is -2.07. The predicted molar refractivity (Wildman–Crippen MR) is 57.5 cm³/mol. The third kappa shape index (κ3) is 2.07. The van der Waals surface area contributed by atoms with Crippen molar-refractivity contribution >= 4 is 5.82 Å². The van der Waals surface area contributed by atoms with Crippen molar-refractivity contribution in [3.63, 3.8) is 0 Å². The van der Waals surface area contributed by atoms with Crippen molar-refractivity contribution in [1.82, 2.24) is 9.55 Å². The first-order valence-electron chi connectivity index (χ1n) is 4.99. The van der Waals surface area contributed by atoms with E-state index in [2.05, 4.69) is 10.9 Å². The van der Waals surface area contributed by atoms with Gasteiger partial charge in [0, 0.05) is 18.6 Å². The van der Waals surface area contributed by atoms with Crippen molar-refractivity contribution in [2.75, 3.05) is 13.7 Å². The summed E-state index contributed by atoms with van der Waals surface area (Å²) in [7, 11) is 1.54. The molecule has 1 aliphatic heterocycles. The van der Waals surface area contributed by atoms with Gasteiger partial charge in [-0.25, -0.2) is 0 Å². The second kappa shape index (κ2) is 4.43. The third-order valence-electron chi connectivity index (χ3n) is 2.56. The van der Waals surface area contributed by atoms with E-state index in [1.54, 1.807) is 11.7 Å². The lowest BCUT2D eigenvalue weighted by molar-refractivity contribution is -0.389. The van der Waals surface area contributed by atoms with Crippen molar-refractivity contribution in [2.24, 2.45) is 5.92 Å². The fourth-order valence-electron chi connectivity index (χ4n) is 1.72. The van der Waals surface area contributed by atoms with Crippen LogP contribution in [0.4, 0.5) is 5.82 Å². The number of rotatable bonds is 3. The minimum Gasteiger partial charge on any atom is -0.439 e. The summed E-state index contributed by atoms with van der Waals surface area (Å²) < 4.78 is 12.0. The number of imidazole rings is 1. The largest absolute Gasteiger partial charge is 0.439 e. The van der Waals surface area contributed by atoms with Crippen LogP contribution in [0.5, 0.6) is 6.01 Å². The van der Waals surface area contributed by atoms with E-state index in [4.69, 9.17) is 15.9 Å². The van der Waals surface area contributed by atoms with E-state index in [9.17, 15) is 10.1 Å². The molecule has 0 spiro atoms. The Balaban J connectivity index is 2.27. The molecule has 0 fully saturated rings. The van der Waals surface area contributed by atoms with Gasteiger partial charge in [0.15, 0.2) is 0 Å². The Bertz CT molecular complexity index is 476. The summed E-state index contributed by atoms with van der Waals surface area (Å²) in [4.78, 5) is 13.8. The molecule has 2 atom stereocenters. The second-order valence-corrected chi connectivity index (χ2v) is 3.68. The Kier molecular flexibility index (Phi) is 2.97. The summed E-state index contributed by atoms with van der Waals surface area (Å²) in [5, 5.41) is 10.6. The molecule has 1 aromatic heterocycles. The van der Waals surface area contributed by atoms with E-state index >= 15 is 0 Å². The summed E-state index contributed by atoms with van der Waals surface area (Å²) in [5.41, 5.74) is 0. The van der Waals surface area contributed by atoms with E-state index < -0.39 is 4.92 Å². The maximum atomic E-state index is 10.6. The Morgan fingerprint density at radius 3 is 3.24 bits per heavy atom. The SMILES string of the molecule is C#CC1Cn2cc([N+](=O)[O-])nc2O[C@@H]1COC. The molecule has 0 amide bonds. The highest BCUT2D eigenvalue weighted by Crippen LogP contribution is 2.27. The molecule has 90 valence electrons. The van der Waals surface area contributed by atoms with Crippen LogP contribution >= 0.6 is 0 Å². The first-order chi connectivity index (χ1) is 8.15. The lowest BCUT2D eigenvalue weighted by Gasteiger charge is -2.26. The second-order valence-electron chi connectivity index (χ2n) is 3.68. The first kappa shape index (κ1) is 11.4. The van der Waals surface area contributed by atoms with Crippen molar-refractivity contribution in [3.8, 4) is 18.4 Å². The van der Waals surface area contributed by atoms with Crippen LogP contribution < -0.4 is 4.74 Å².